The maximum Gasteiger partial charge on any atom is 0.251 e. The lowest BCUT2D eigenvalue weighted by molar-refractivity contribution is -0.142. The SMILES string of the molecule is CN=C(NCC(C)N1CCc2ccccc2C1)N1CCN(C(=O)C2CCCO2)CC1. The number of carbonyl (C=O) groups is 1. The van der Waals surface area contributed by atoms with Crippen LogP contribution < -0.4 is 5.32 Å². The van der Waals surface area contributed by atoms with E-state index in [2.05, 4.69) is 51.3 Å². The Labute approximate surface area is 180 Å². The van der Waals surface area contributed by atoms with E-state index < -0.39 is 0 Å². The summed E-state index contributed by atoms with van der Waals surface area (Å²) in [7, 11) is 1.84. The van der Waals surface area contributed by atoms with E-state index in [1.54, 1.807) is 0 Å². The number of hydrogen-bond acceptors (Lipinski definition) is 4. The van der Waals surface area contributed by atoms with Crippen molar-refractivity contribution in [3.8, 4) is 0 Å². The van der Waals surface area contributed by atoms with Gasteiger partial charge in [-0.15, -0.1) is 0 Å². The molecule has 0 bridgehead atoms. The zero-order valence-electron chi connectivity index (χ0n) is 18.3. The van der Waals surface area contributed by atoms with Gasteiger partial charge in [0.1, 0.15) is 6.10 Å². The largest absolute Gasteiger partial charge is 0.368 e. The van der Waals surface area contributed by atoms with Gasteiger partial charge < -0.3 is 19.9 Å². The van der Waals surface area contributed by atoms with Crippen LogP contribution in [0.5, 0.6) is 0 Å². The molecule has 164 valence electrons. The quantitative estimate of drug-likeness (QED) is 0.596. The van der Waals surface area contributed by atoms with Crippen LogP contribution in [-0.4, -0.2) is 91.6 Å². The van der Waals surface area contributed by atoms with Gasteiger partial charge >= 0.3 is 0 Å². The van der Waals surface area contributed by atoms with Gasteiger partial charge in [-0.3, -0.25) is 14.7 Å². The van der Waals surface area contributed by atoms with Crippen LogP contribution in [0.1, 0.15) is 30.9 Å². The van der Waals surface area contributed by atoms with E-state index in [0.717, 1.165) is 71.0 Å². The molecule has 1 aromatic rings. The molecule has 1 aromatic carbocycles. The molecule has 1 N–H and O–H groups in total. The Morgan fingerprint density at radius 1 is 1.17 bits per heavy atom. The summed E-state index contributed by atoms with van der Waals surface area (Å²) in [5.74, 6) is 1.09. The van der Waals surface area contributed by atoms with Gasteiger partial charge in [0.25, 0.3) is 5.91 Å². The van der Waals surface area contributed by atoms with Gasteiger partial charge in [0.05, 0.1) is 0 Å². The molecule has 2 unspecified atom stereocenters. The van der Waals surface area contributed by atoms with Crippen LogP contribution in [0.15, 0.2) is 29.3 Å². The van der Waals surface area contributed by atoms with E-state index in [1.807, 2.05) is 11.9 Å². The van der Waals surface area contributed by atoms with Crippen molar-refractivity contribution in [1.29, 1.82) is 0 Å². The highest BCUT2D eigenvalue weighted by molar-refractivity contribution is 5.82. The van der Waals surface area contributed by atoms with Gasteiger partial charge in [0.15, 0.2) is 5.96 Å². The summed E-state index contributed by atoms with van der Waals surface area (Å²) in [5.41, 5.74) is 2.94. The zero-order valence-corrected chi connectivity index (χ0v) is 18.3. The molecule has 7 heteroatoms. The molecule has 3 heterocycles. The Morgan fingerprint density at radius 2 is 1.90 bits per heavy atom. The molecule has 2 atom stereocenters. The first-order chi connectivity index (χ1) is 14.7. The topological polar surface area (TPSA) is 60.4 Å². The van der Waals surface area contributed by atoms with E-state index in [9.17, 15) is 4.79 Å². The minimum absolute atomic E-state index is 0.161. The second-order valence-electron chi connectivity index (χ2n) is 8.58. The summed E-state index contributed by atoms with van der Waals surface area (Å²) in [6.45, 7) is 9.07. The van der Waals surface area contributed by atoms with E-state index in [-0.39, 0.29) is 12.0 Å². The number of aliphatic imine (C=N–C) groups is 1. The summed E-state index contributed by atoms with van der Waals surface area (Å²) in [5, 5.41) is 3.57. The lowest BCUT2D eigenvalue weighted by Crippen LogP contribution is -2.56. The Morgan fingerprint density at radius 3 is 2.60 bits per heavy atom. The Balaban J connectivity index is 1.24. The molecule has 3 aliphatic heterocycles. The van der Waals surface area contributed by atoms with Gasteiger partial charge in [-0.25, -0.2) is 0 Å². The van der Waals surface area contributed by atoms with Crippen LogP contribution in [0.2, 0.25) is 0 Å². The van der Waals surface area contributed by atoms with Gasteiger partial charge in [-0.05, 0) is 37.3 Å². The van der Waals surface area contributed by atoms with Crippen molar-refractivity contribution in [3.05, 3.63) is 35.4 Å². The second kappa shape index (κ2) is 9.79. The number of fused-ring (bicyclic) bond motifs is 1. The average molecular weight is 414 g/mol. The molecule has 4 rings (SSSR count). The molecule has 2 saturated heterocycles. The normalized spacial score (nSPS) is 23.9. The smallest absolute Gasteiger partial charge is 0.251 e. The molecule has 0 spiro atoms. The number of piperazine rings is 1. The second-order valence-corrected chi connectivity index (χ2v) is 8.58. The predicted octanol–water partition coefficient (Wildman–Crippen LogP) is 1.33. The van der Waals surface area contributed by atoms with Crippen LogP contribution in [0.25, 0.3) is 0 Å². The van der Waals surface area contributed by atoms with Crippen LogP contribution >= 0.6 is 0 Å². The summed E-state index contributed by atoms with van der Waals surface area (Å²) >= 11 is 0. The number of amides is 1. The summed E-state index contributed by atoms with van der Waals surface area (Å²) in [6.07, 6.45) is 2.76. The summed E-state index contributed by atoms with van der Waals surface area (Å²) < 4.78 is 5.56. The van der Waals surface area contributed by atoms with E-state index >= 15 is 0 Å². The van der Waals surface area contributed by atoms with Gasteiger partial charge in [-0.2, -0.15) is 0 Å². The fraction of sp³-hybridized carbons (Fsp3) is 0.652. The molecular formula is C23H35N5O2. The Kier molecular flexibility index (Phi) is 6.89. The molecule has 1 amide bonds. The van der Waals surface area contributed by atoms with E-state index in [0.29, 0.717) is 12.6 Å². The number of nitrogens with zero attached hydrogens (tertiary/aromatic N) is 4. The van der Waals surface area contributed by atoms with Gasteiger partial charge in [0, 0.05) is 65.5 Å². The van der Waals surface area contributed by atoms with Crippen LogP contribution in [0.3, 0.4) is 0 Å². The number of hydrogen-bond donors (Lipinski definition) is 1. The summed E-state index contributed by atoms with van der Waals surface area (Å²) in [4.78, 5) is 23.8. The predicted molar refractivity (Wildman–Crippen MR) is 119 cm³/mol. The molecule has 0 aliphatic carbocycles. The lowest BCUT2D eigenvalue weighted by atomic mass is 9.99. The third kappa shape index (κ3) is 4.78. The standard InChI is InChI=1S/C23H35N5O2/c1-18(28-10-9-19-6-3-4-7-20(19)17-28)16-25-23(24-2)27-13-11-26(12-14-27)22(29)21-8-5-15-30-21/h3-4,6-7,18,21H,5,8-17H2,1-2H3,(H,24,25). The number of rotatable bonds is 4. The van der Waals surface area contributed by atoms with Crippen molar-refractivity contribution in [2.75, 3.05) is 52.9 Å². The molecule has 3 aliphatic rings. The van der Waals surface area contributed by atoms with Crippen molar-refractivity contribution < 1.29 is 9.53 Å². The lowest BCUT2D eigenvalue weighted by Gasteiger charge is -2.38. The van der Waals surface area contributed by atoms with Crippen molar-refractivity contribution in [2.45, 2.75) is 44.9 Å². The minimum Gasteiger partial charge on any atom is -0.368 e. The van der Waals surface area contributed by atoms with Crippen molar-refractivity contribution in [3.63, 3.8) is 0 Å². The first kappa shape index (κ1) is 21.1. The Hall–Kier alpha value is -2.12. The number of benzene rings is 1. The molecule has 7 nitrogen and oxygen atoms in total. The molecular weight excluding hydrogens is 378 g/mol. The monoisotopic (exact) mass is 413 g/mol. The highest BCUT2D eigenvalue weighted by Gasteiger charge is 2.31. The number of carbonyl (C=O) groups excluding carboxylic acids is 1. The highest BCUT2D eigenvalue weighted by Crippen LogP contribution is 2.20. The van der Waals surface area contributed by atoms with Crippen LogP contribution in [0.4, 0.5) is 0 Å². The van der Waals surface area contributed by atoms with Crippen molar-refractivity contribution in [2.24, 2.45) is 4.99 Å². The summed E-state index contributed by atoms with van der Waals surface area (Å²) in [6, 6.07) is 9.20. The van der Waals surface area contributed by atoms with Crippen LogP contribution in [-0.2, 0) is 22.5 Å². The van der Waals surface area contributed by atoms with Crippen molar-refractivity contribution >= 4 is 11.9 Å². The minimum atomic E-state index is -0.218. The van der Waals surface area contributed by atoms with E-state index in [1.165, 1.54) is 11.1 Å². The highest BCUT2D eigenvalue weighted by atomic mass is 16.5. The third-order valence-corrected chi connectivity index (χ3v) is 6.65. The maximum atomic E-state index is 12.6. The first-order valence-corrected chi connectivity index (χ1v) is 11.3. The molecule has 0 saturated carbocycles. The number of nitrogens with one attached hydrogen (secondary N) is 1. The van der Waals surface area contributed by atoms with Crippen LogP contribution in [0, 0.1) is 0 Å². The fourth-order valence-electron chi connectivity index (χ4n) is 4.71. The molecule has 0 radical (unpaired) electrons. The molecule has 0 aromatic heterocycles. The first-order valence-electron chi connectivity index (χ1n) is 11.3. The van der Waals surface area contributed by atoms with Gasteiger partial charge in [0.2, 0.25) is 0 Å². The fourth-order valence-corrected chi connectivity index (χ4v) is 4.71. The molecule has 2 fully saturated rings. The average Bonchev–Trinajstić information content (AvgIpc) is 3.34. The number of guanidine groups is 1. The Bertz CT molecular complexity index is 754. The zero-order chi connectivity index (χ0) is 20.9. The third-order valence-electron chi connectivity index (χ3n) is 6.65. The van der Waals surface area contributed by atoms with E-state index in [4.69, 9.17) is 4.74 Å². The number of ether oxygens (including phenoxy) is 1. The maximum absolute atomic E-state index is 12.6. The molecule has 30 heavy (non-hydrogen) atoms. The van der Waals surface area contributed by atoms with Gasteiger partial charge in [-0.1, -0.05) is 24.3 Å². The van der Waals surface area contributed by atoms with Crippen molar-refractivity contribution in [1.82, 2.24) is 20.0 Å².